The number of aryl methyl sites for hydroxylation is 4. The number of rotatable bonds is 3. The zero-order valence-corrected chi connectivity index (χ0v) is 14.2. The number of anilines is 3. The number of hydrogen-bond donors (Lipinski definition) is 0. The van der Waals surface area contributed by atoms with Crippen molar-refractivity contribution < 1.29 is 0 Å². The van der Waals surface area contributed by atoms with Gasteiger partial charge in [0.15, 0.2) is 0 Å². The van der Waals surface area contributed by atoms with Crippen molar-refractivity contribution in [3.63, 3.8) is 0 Å². The maximum atomic E-state index is 3.11. The van der Waals surface area contributed by atoms with Gasteiger partial charge in [0.05, 0.1) is 0 Å². The van der Waals surface area contributed by atoms with Crippen molar-refractivity contribution in [1.82, 2.24) is 0 Å². The standard InChI is InChI=1S/C22H22N/c1-16-10-17(2)13-21(12-16)23(20-8-6-5-7-9-20)22-14-18(3)11-19(4)15-22/h6-15H,1-4H3. The maximum absolute atomic E-state index is 3.11. The molecule has 1 nitrogen and oxygen atoms in total. The quantitative estimate of drug-likeness (QED) is 0.557. The van der Waals surface area contributed by atoms with Gasteiger partial charge in [-0.25, -0.2) is 0 Å². The first-order chi connectivity index (χ1) is 11.0. The summed E-state index contributed by atoms with van der Waals surface area (Å²) in [6.45, 7) is 8.59. The molecule has 0 unspecified atom stereocenters. The van der Waals surface area contributed by atoms with Gasteiger partial charge in [-0.15, -0.1) is 0 Å². The molecule has 0 amide bonds. The minimum atomic E-state index is 1.15. The molecule has 0 spiro atoms. The molecule has 0 aliphatic rings. The van der Waals surface area contributed by atoms with E-state index in [0.29, 0.717) is 0 Å². The van der Waals surface area contributed by atoms with Crippen molar-refractivity contribution in [2.24, 2.45) is 0 Å². The van der Waals surface area contributed by atoms with Gasteiger partial charge in [0.2, 0.25) is 0 Å². The highest BCUT2D eigenvalue weighted by atomic mass is 15.1. The van der Waals surface area contributed by atoms with E-state index in [4.69, 9.17) is 0 Å². The lowest BCUT2D eigenvalue weighted by atomic mass is 10.1. The molecule has 0 saturated carbocycles. The van der Waals surface area contributed by atoms with Crippen LogP contribution in [0.25, 0.3) is 0 Å². The van der Waals surface area contributed by atoms with Crippen LogP contribution in [-0.4, -0.2) is 0 Å². The SMILES string of the molecule is Cc1cc(C)cc(N(c2cc[c]cc2)c2cc(C)cc(C)c2)c1. The van der Waals surface area contributed by atoms with Crippen molar-refractivity contribution in [3.8, 4) is 0 Å². The van der Waals surface area contributed by atoms with Crippen LogP contribution in [0, 0.1) is 33.8 Å². The van der Waals surface area contributed by atoms with E-state index in [-0.39, 0.29) is 0 Å². The van der Waals surface area contributed by atoms with E-state index in [1.165, 1.54) is 33.6 Å². The summed E-state index contributed by atoms with van der Waals surface area (Å²) >= 11 is 0. The summed E-state index contributed by atoms with van der Waals surface area (Å²) in [6, 6.07) is 24.6. The van der Waals surface area contributed by atoms with Gasteiger partial charge in [-0.1, -0.05) is 24.3 Å². The molecular weight excluding hydrogens is 278 g/mol. The topological polar surface area (TPSA) is 3.24 Å². The minimum absolute atomic E-state index is 1.15. The summed E-state index contributed by atoms with van der Waals surface area (Å²) in [6.07, 6.45) is 0. The summed E-state index contributed by atoms with van der Waals surface area (Å²) in [5, 5.41) is 0. The van der Waals surface area contributed by atoms with E-state index in [9.17, 15) is 0 Å². The van der Waals surface area contributed by atoms with E-state index in [2.05, 4.69) is 87.2 Å². The Balaban J connectivity index is 2.22. The molecule has 0 N–H and O–H groups in total. The fraction of sp³-hybridized carbons (Fsp3) is 0.182. The Kier molecular flexibility index (Phi) is 4.20. The van der Waals surface area contributed by atoms with Crippen molar-refractivity contribution >= 4 is 17.1 Å². The molecule has 0 atom stereocenters. The van der Waals surface area contributed by atoms with Crippen LogP contribution in [0.15, 0.2) is 60.7 Å². The lowest BCUT2D eigenvalue weighted by Gasteiger charge is -2.27. The predicted molar refractivity (Wildman–Crippen MR) is 98.9 cm³/mol. The summed E-state index contributed by atoms with van der Waals surface area (Å²) in [5.41, 5.74) is 8.64. The Morgan fingerprint density at radius 3 is 1.35 bits per heavy atom. The molecule has 0 aliphatic carbocycles. The highest BCUT2D eigenvalue weighted by Crippen LogP contribution is 2.36. The molecule has 1 heteroatoms. The van der Waals surface area contributed by atoms with Crippen molar-refractivity contribution in [2.75, 3.05) is 4.90 Å². The van der Waals surface area contributed by atoms with Crippen LogP contribution < -0.4 is 4.90 Å². The summed E-state index contributed by atoms with van der Waals surface area (Å²) in [5.74, 6) is 0. The van der Waals surface area contributed by atoms with Crippen LogP contribution >= 0.6 is 0 Å². The molecule has 3 rings (SSSR count). The zero-order chi connectivity index (χ0) is 16.4. The molecule has 0 aliphatic heterocycles. The van der Waals surface area contributed by atoms with E-state index >= 15 is 0 Å². The fourth-order valence-corrected chi connectivity index (χ4v) is 3.13. The highest BCUT2D eigenvalue weighted by molar-refractivity contribution is 5.77. The molecule has 0 heterocycles. The molecule has 0 bridgehead atoms. The number of nitrogens with zero attached hydrogens (tertiary/aromatic N) is 1. The molecule has 1 radical (unpaired) electrons. The third kappa shape index (κ3) is 3.45. The summed E-state index contributed by atoms with van der Waals surface area (Å²) in [4.78, 5) is 2.31. The molecule has 3 aromatic carbocycles. The number of hydrogen-bond acceptors (Lipinski definition) is 1. The first-order valence-electron chi connectivity index (χ1n) is 7.96. The van der Waals surface area contributed by atoms with Crippen LogP contribution in [0.1, 0.15) is 22.3 Å². The second kappa shape index (κ2) is 6.29. The number of benzene rings is 3. The monoisotopic (exact) mass is 300 g/mol. The minimum Gasteiger partial charge on any atom is -0.310 e. The maximum Gasteiger partial charge on any atom is 0.0466 e. The van der Waals surface area contributed by atoms with Crippen LogP contribution in [0.5, 0.6) is 0 Å². The van der Waals surface area contributed by atoms with E-state index in [0.717, 1.165) is 5.69 Å². The lowest BCUT2D eigenvalue weighted by Crippen LogP contribution is -2.10. The summed E-state index contributed by atoms with van der Waals surface area (Å²) in [7, 11) is 0. The Labute approximate surface area is 139 Å². The lowest BCUT2D eigenvalue weighted by molar-refractivity contribution is 1.23. The van der Waals surface area contributed by atoms with E-state index in [1.807, 2.05) is 12.1 Å². The van der Waals surface area contributed by atoms with Gasteiger partial charge in [-0.05, 0) is 92.4 Å². The van der Waals surface area contributed by atoms with Gasteiger partial charge in [0.25, 0.3) is 0 Å². The van der Waals surface area contributed by atoms with Gasteiger partial charge in [0, 0.05) is 17.1 Å². The summed E-state index contributed by atoms with van der Waals surface area (Å²) < 4.78 is 0. The van der Waals surface area contributed by atoms with Crippen LogP contribution in [0.3, 0.4) is 0 Å². The molecule has 0 aromatic heterocycles. The van der Waals surface area contributed by atoms with Crippen molar-refractivity contribution in [2.45, 2.75) is 27.7 Å². The smallest absolute Gasteiger partial charge is 0.0466 e. The van der Waals surface area contributed by atoms with Gasteiger partial charge in [-0.3, -0.25) is 0 Å². The molecular formula is C22H22N. The Morgan fingerprint density at radius 1 is 0.565 bits per heavy atom. The first-order valence-corrected chi connectivity index (χ1v) is 7.96. The normalized spacial score (nSPS) is 10.6. The van der Waals surface area contributed by atoms with Gasteiger partial charge >= 0.3 is 0 Å². The molecule has 23 heavy (non-hydrogen) atoms. The van der Waals surface area contributed by atoms with Crippen LogP contribution in [-0.2, 0) is 0 Å². The van der Waals surface area contributed by atoms with E-state index < -0.39 is 0 Å². The van der Waals surface area contributed by atoms with Crippen LogP contribution in [0.2, 0.25) is 0 Å². The molecule has 0 fully saturated rings. The Morgan fingerprint density at radius 2 is 0.957 bits per heavy atom. The molecule has 115 valence electrons. The van der Waals surface area contributed by atoms with Gasteiger partial charge in [-0.2, -0.15) is 0 Å². The molecule has 3 aromatic rings. The Hall–Kier alpha value is -2.54. The zero-order valence-electron chi connectivity index (χ0n) is 14.2. The largest absolute Gasteiger partial charge is 0.310 e. The van der Waals surface area contributed by atoms with Crippen molar-refractivity contribution in [3.05, 3.63) is 89.0 Å². The third-order valence-corrected chi connectivity index (χ3v) is 3.89. The van der Waals surface area contributed by atoms with Crippen LogP contribution in [0.4, 0.5) is 17.1 Å². The Bertz CT molecular complexity index is 727. The van der Waals surface area contributed by atoms with Gasteiger partial charge in [0.1, 0.15) is 0 Å². The van der Waals surface area contributed by atoms with Gasteiger partial charge < -0.3 is 4.90 Å². The average Bonchev–Trinajstić information content (AvgIpc) is 2.46. The third-order valence-electron chi connectivity index (χ3n) is 3.89. The first kappa shape index (κ1) is 15.4. The molecule has 0 saturated heterocycles. The predicted octanol–water partition coefficient (Wildman–Crippen LogP) is 6.19. The fourth-order valence-electron chi connectivity index (χ4n) is 3.13. The van der Waals surface area contributed by atoms with E-state index in [1.54, 1.807) is 0 Å². The highest BCUT2D eigenvalue weighted by Gasteiger charge is 2.13. The average molecular weight is 300 g/mol. The van der Waals surface area contributed by atoms with Crippen molar-refractivity contribution in [1.29, 1.82) is 0 Å². The second-order valence-electron chi connectivity index (χ2n) is 6.29. The second-order valence-corrected chi connectivity index (χ2v) is 6.29.